The molecule has 4 unspecified atom stereocenters. The van der Waals surface area contributed by atoms with E-state index in [-0.39, 0.29) is 24.0 Å². The minimum Gasteiger partial charge on any atom is -0.309 e. The Bertz CT molecular complexity index is 364. The van der Waals surface area contributed by atoms with Crippen molar-refractivity contribution in [3.63, 3.8) is 0 Å². The van der Waals surface area contributed by atoms with Crippen LogP contribution in [0.4, 0.5) is 4.79 Å². The van der Waals surface area contributed by atoms with E-state index in [9.17, 15) is 9.59 Å². The van der Waals surface area contributed by atoms with Crippen LogP contribution < -0.4 is 5.32 Å². The van der Waals surface area contributed by atoms with Gasteiger partial charge in [-0.25, -0.2) is 4.79 Å². The van der Waals surface area contributed by atoms with Crippen molar-refractivity contribution in [2.24, 2.45) is 11.8 Å². The van der Waals surface area contributed by atoms with E-state index >= 15 is 0 Å². The molecular formula is C11H14N2O2. The number of nitrogens with one attached hydrogen (secondary N) is 1. The Labute approximate surface area is 88.3 Å². The van der Waals surface area contributed by atoms with Crippen LogP contribution in [-0.4, -0.2) is 28.9 Å². The van der Waals surface area contributed by atoms with Gasteiger partial charge in [-0.3, -0.25) is 10.1 Å². The maximum Gasteiger partial charge on any atom is 0.325 e. The van der Waals surface area contributed by atoms with E-state index in [1.165, 1.54) is 0 Å². The first-order valence-electron chi connectivity index (χ1n) is 5.48. The van der Waals surface area contributed by atoms with E-state index in [1.807, 2.05) is 0 Å². The molecule has 3 aliphatic rings. The smallest absolute Gasteiger partial charge is 0.309 e. The average Bonchev–Trinajstić information content (AvgIpc) is 2.83. The number of hydrogen-bond acceptors (Lipinski definition) is 2. The SMILES string of the molecule is CC1C(=O)NC(=O)N1C1CC2C=CC1C2. The molecule has 0 aromatic carbocycles. The van der Waals surface area contributed by atoms with Crippen LogP contribution in [-0.2, 0) is 4.79 Å². The number of imide groups is 1. The Kier molecular flexibility index (Phi) is 1.69. The van der Waals surface area contributed by atoms with Crippen molar-refractivity contribution in [2.45, 2.75) is 31.8 Å². The summed E-state index contributed by atoms with van der Waals surface area (Å²) in [5.41, 5.74) is 0. The van der Waals surface area contributed by atoms with E-state index in [0.29, 0.717) is 11.8 Å². The Hall–Kier alpha value is -1.32. The Morgan fingerprint density at radius 1 is 1.33 bits per heavy atom. The molecule has 3 rings (SSSR count). The topological polar surface area (TPSA) is 49.4 Å². The van der Waals surface area contributed by atoms with Crippen molar-refractivity contribution >= 4 is 11.9 Å². The highest BCUT2D eigenvalue weighted by atomic mass is 16.2. The lowest BCUT2D eigenvalue weighted by atomic mass is 9.99. The molecule has 0 spiro atoms. The maximum absolute atomic E-state index is 11.6. The van der Waals surface area contributed by atoms with Crippen molar-refractivity contribution in [2.75, 3.05) is 0 Å². The summed E-state index contributed by atoms with van der Waals surface area (Å²) in [6.07, 6.45) is 6.60. The van der Waals surface area contributed by atoms with Gasteiger partial charge in [0.1, 0.15) is 6.04 Å². The molecule has 1 heterocycles. The minimum absolute atomic E-state index is 0.160. The molecule has 1 saturated heterocycles. The van der Waals surface area contributed by atoms with Crippen LogP contribution in [0, 0.1) is 11.8 Å². The number of urea groups is 1. The number of nitrogens with zero attached hydrogens (tertiary/aromatic N) is 1. The molecule has 4 heteroatoms. The first-order chi connectivity index (χ1) is 7.16. The predicted molar refractivity (Wildman–Crippen MR) is 54.0 cm³/mol. The number of carbonyl (C=O) groups excluding carboxylic acids is 2. The lowest BCUT2D eigenvalue weighted by Gasteiger charge is -2.30. The second kappa shape index (κ2) is 2.84. The highest BCUT2D eigenvalue weighted by Gasteiger charge is 2.47. The van der Waals surface area contributed by atoms with Crippen LogP contribution in [0.2, 0.25) is 0 Å². The molecule has 3 amide bonds. The molecule has 2 aliphatic carbocycles. The van der Waals surface area contributed by atoms with Crippen LogP contribution in [0.15, 0.2) is 12.2 Å². The molecule has 1 saturated carbocycles. The van der Waals surface area contributed by atoms with Gasteiger partial charge < -0.3 is 4.90 Å². The summed E-state index contributed by atoms with van der Waals surface area (Å²) in [6.45, 7) is 1.80. The van der Waals surface area contributed by atoms with Gasteiger partial charge in [0.25, 0.3) is 5.91 Å². The minimum atomic E-state index is -0.296. The van der Waals surface area contributed by atoms with Gasteiger partial charge in [-0.15, -0.1) is 0 Å². The maximum atomic E-state index is 11.6. The molecule has 2 bridgehead atoms. The Morgan fingerprint density at radius 3 is 2.60 bits per heavy atom. The molecule has 80 valence electrons. The van der Waals surface area contributed by atoms with Crippen LogP contribution in [0.5, 0.6) is 0 Å². The zero-order valence-electron chi connectivity index (χ0n) is 8.64. The van der Waals surface area contributed by atoms with E-state index < -0.39 is 0 Å². The van der Waals surface area contributed by atoms with Crippen LogP contribution in [0.1, 0.15) is 19.8 Å². The lowest BCUT2D eigenvalue weighted by molar-refractivity contribution is -0.121. The molecule has 4 nitrogen and oxygen atoms in total. The summed E-state index contributed by atoms with van der Waals surface area (Å²) in [6, 6.07) is -0.268. The summed E-state index contributed by atoms with van der Waals surface area (Å²) in [5, 5.41) is 2.38. The van der Waals surface area contributed by atoms with Gasteiger partial charge in [-0.1, -0.05) is 12.2 Å². The molecular weight excluding hydrogens is 192 g/mol. The first-order valence-corrected chi connectivity index (χ1v) is 5.48. The third-order valence-electron chi connectivity index (χ3n) is 3.86. The van der Waals surface area contributed by atoms with Gasteiger partial charge in [0.2, 0.25) is 0 Å². The van der Waals surface area contributed by atoms with Gasteiger partial charge in [-0.05, 0) is 31.6 Å². The number of hydrogen-bond donors (Lipinski definition) is 1. The van der Waals surface area contributed by atoms with E-state index in [0.717, 1.165) is 12.8 Å². The largest absolute Gasteiger partial charge is 0.325 e. The fraction of sp³-hybridized carbons (Fsp3) is 0.636. The Balaban J connectivity index is 1.86. The molecule has 0 aromatic rings. The van der Waals surface area contributed by atoms with Crippen LogP contribution >= 0.6 is 0 Å². The van der Waals surface area contributed by atoms with Gasteiger partial charge in [-0.2, -0.15) is 0 Å². The zero-order chi connectivity index (χ0) is 10.6. The summed E-state index contributed by atoms with van der Waals surface area (Å²) >= 11 is 0. The molecule has 2 fully saturated rings. The molecule has 1 N–H and O–H groups in total. The normalized spacial score (nSPS) is 42.9. The van der Waals surface area contributed by atoms with Crippen LogP contribution in [0.3, 0.4) is 0 Å². The van der Waals surface area contributed by atoms with Crippen molar-refractivity contribution in [1.29, 1.82) is 0 Å². The second-order valence-electron chi connectivity index (χ2n) is 4.73. The standard InChI is InChI=1S/C11H14N2O2/c1-6-10(14)12-11(15)13(6)9-5-7-2-3-8(9)4-7/h2-3,6-9H,4-5H2,1H3,(H,12,14,15). The summed E-state index contributed by atoms with van der Waals surface area (Å²) in [7, 11) is 0. The van der Waals surface area contributed by atoms with Gasteiger partial charge >= 0.3 is 6.03 Å². The van der Waals surface area contributed by atoms with Crippen molar-refractivity contribution < 1.29 is 9.59 Å². The highest BCUT2D eigenvalue weighted by molar-refractivity contribution is 6.04. The van der Waals surface area contributed by atoms with Gasteiger partial charge in [0.05, 0.1) is 0 Å². The van der Waals surface area contributed by atoms with E-state index in [1.54, 1.807) is 11.8 Å². The summed E-state index contributed by atoms with van der Waals surface area (Å²) in [5.74, 6) is 0.927. The van der Waals surface area contributed by atoms with Crippen molar-refractivity contribution in [3.05, 3.63) is 12.2 Å². The highest BCUT2D eigenvalue weighted by Crippen LogP contribution is 2.42. The summed E-state index contributed by atoms with van der Waals surface area (Å²) < 4.78 is 0. The van der Waals surface area contributed by atoms with Gasteiger partial charge in [0, 0.05) is 6.04 Å². The van der Waals surface area contributed by atoms with E-state index in [4.69, 9.17) is 0 Å². The fourth-order valence-corrected chi connectivity index (χ4v) is 3.09. The third kappa shape index (κ3) is 1.14. The van der Waals surface area contributed by atoms with Crippen molar-refractivity contribution in [3.8, 4) is 0 Å². The number of carbonyl (C=O) groups is 2. The molecule has 1 aliphatic heterocycles. The summed E-state index contributed by atoms with van der Waals surface area (Å²) in [4.78, 5) is 24.7. The number of allylic oxidation sites excluding steroid dienone is 1. The molecule has 4 atom stereocenters. The van der Waals surface area contributed by atoms with E-state index in [2.05, 4.69) is 17.5 Å². The number of fused-ring (bicyclic) bond motifs is 2. The van der Waals surface area contributed by atoms with Gasteiger partial charge in [0.15, 0.2) is 0 Å². The lowest BCUT2D eigenvalue weighted by Crippen LogP contribution is -2.44. The Morgan fingerprint density at radius 2 is 2.13 bits per heavy atom. The zero-order valence-corrected chi connectivity index (χ0v) is 8.64. The van der Waals surface area contributed by atoms with Crippen molar-refractivity contribution in [1.82, 2.24) is 10.2 Å². The van der Waals surface area contributed by atoms with Crippen LogP contribution in [0.25, 0.3) is 0 Å². The molecule has 0 aromatic heterocycles. The predicted octanol–water partition coefficient (Wildman–Crippen LogP) is 0.891. The molecule has 15 heavy (non-hydrogen) atoms. The fourth-order valence-electron chi connectivity index (χ4n) is 3.09. The number of amides is 3. The second-order valence-corrected chi connectivity index (χ2v) is 4.73. The molecule has 0 radical (unpaired) electrons. The average molecular weight is 206 g/mol. The third-order valence-corrected chi connectivity index (χ3v) is 3.86. The number of rotatable bonds is 1. The quantitative estimate of drug-likeness (QED) is 0.511. The first kappa shape index (κ1) is 8.95. The monoisotopic (exact) mass is 206 g/mol.